The first-order valence-electron chi connectivity index (χ1n) is 14.3. The van der Waals surface area contributed by atoms with E-state index in [1.807, 2.05) is 60.7 Å². The van der Waals surface area contributed by atoms with Gasteiger partial charge in [-0.15, -0.1) is 0 Å². The molecule has 3 atom stereocenters. The predicted molar refractivity (Wildman–Crippen MR) is 155 cm³/mol. The van der Waals surface area contributed by atoms with E-state index in [0.717, 1.165) is 30.4 Å². The number of ether oxygens (including phenoxy) is 5. The third-order valence-corrected chi connectivity index (χ3v) is 8.42. The molecule has 0 bridgehead atoms. The molecule has 9 nitrogen and oxygen atoms in total. The maximum atomic E-state index is 14.2. The highest BCUT2D eigenvalue weighted by Gasteiger charge is 2.50. The zero-order valence-electron chi connectivity index (χ0n) is 24.5. The van der Waals surface area contributed by atoms with Crippen LogP contribution in [-0.2, 0) is 55.3 Å². The number of hydrogen-bond acceptors (Lipinski definition) is 9. The van der Waals surface area contributed by atoms with Gasteiger partial charge in [0.2, 0.25) is 0 Å². The quantitative estimate of drug-likeness (QED) is 0.106. The van der Waals surface area contributed by atoms with E-state index in [4.69, 9.17) is 32.7 Å². The Hall–Kier alpha value is -2.36. The third-order valence-electron chi connectivity index (χ3n) is 6.20. The largest absolute Gasteiger partial charge is 0.427 e. The molecule has 41 heavy (non-hydrogen) atoms. The lowest BCUT2D eigenvalue weighted by Gasteiger charge is -2.39. The number of carbonyl (C=O) groups excluding carboxylic acids is 1. The van der Waals surface area contributed by atoms with E-state index in [-0.39, 0.29) is 37.5 Å². The second-order valence-corrected chi connectivity index (χ2v) is 11.5. The van der Waals surface area contributed by atoms with Gasteiger partial charge in [0.05, 0.1) is 39.6 Å². The molecule has 0 spiro atoms. The Labute approximate surface area is 243 Å². The van der Waals surface area contributed by atoms with Crippen LogP contribution in [0.1, 0.15) is 58.1 Å². The van der Waals surface area contributed by atoms with Crippen molar-refractivity contribution in [3.05, 3.63) is 82.9 Å². The maximum absolute atomic E-state index is 14.2. The Bertz CT molecular complexity index is 1110. The van der Waals surface area contributed by atoms with Gasteiger partial charge in [-0.05, 0) is 31.4 Å². The van der Waals surface area contributed by atoms with Crippen molar-refractivity contribution >= 4 is 13.6 Å². The van der Waals surface area contributed by atoms with Gasteiger partial charge in [-0.3, -0.25) is 9.36 Å². The molecule has 1 aliphatic heterocycles. The summed E-state index contributed by atoms with van der Waals surface area (Å²) in [7, 11) is -4.02. The summed E-state index contributed by atoms with van der Waals surface area (Å²) in [5.41, 5.74) is 1.89. The minimum atomic E-state index is -4.02. The van der Waals surface area contributed by atoms with Crippen molar-refractivity contribution in [1.82, 2.24) is 0 Å². The maximum Gasteiger partial charge on any atom is 0.365 e. The van der Waals surface area contributed by atoms with Crippen LogP contribution in [0.4, 0.5) is 0 Å². The molecule has 0 aromatic heterocycles. The summed E-state index contributed by atoms with van der Waals surface area (Å²) in [4.78, 5) is 12.4. The monoisotopic (exact) mass is 590 g/mol. The number of benzene rings is 2. The lowest BCUT2D eigenvalue weighted by molar-refractivity contribution is -0.211. The first-order chi connectivity index (χ1) is 19.9. The first kappa shape index (κ1) is 33.1. The number of rotatable bonds is 18. The van der Waals surface area contributed by atoms with Gasteiger partial charge < -0.3 is 32.7 Å². The van der Waals surface area contributed by atoms with E-state index in [1.165, 1.54) is 6.92 Å². The zero-order chi connectivity index (χ0) is 29.5. The fraction of sp³-hybridized carbons (Fsp3) is 0.516. The molecule has 0 saturated carbocycles. The number of carbonyl (C=O) groups is 1. The van der Waals surface area contributed by atoms with Crippen LogP contribution in [0, 0.1) is 0 Å². The Balaban J connectivity index is 2.03. The molecule has 0 amide bonds. The van der Waals surface area contributed by atoms with Crippen LogP contribution in [0.2, 0.25) is 0 Å². The molecule has 1 aliphatic rings. The second-order valence-electron chi connectivity index (χ2n) is 9.48. The van der Waals surface area contributed by atoms with Crippen molar-refractivity contribution in [1.29, 1.82) is 0 Å². The molecule has 2 aromatic carbocycles. The summed E-state index contributed by atoms with van der Waals surface area (Å²) >= 11 is 0. The van der Waals surface area contributed by atoms with Crippen molar-refractivity contribution in [2.24, 2.45) is 0 Å². The number of hydrogen-bond donors (Lipinski definition) is 0. The molecule has 226 valence electrons. The van der Waals surface area contributed by atoms with Crippen LogP contribution < -0.4 is 0 Å². The summed E-state index contributed by atoms with van der Waals surface area (Å²) in [6, 6.07) is 19.3. The highest BCUT2D eigenvalue weighted by molar-refractivity contribution is 7.58. The van der Waals surface area contributed by atoms with Crippen LogP contribution >= 0.6 is 7.60 Å². The van der Waals surface area contributed by atoms with Gasteiger partial charge in [0.15, 0.2) is 12.0 Å². The van der Waals surface area contributed by atoms with Gasteiger partial charge in [-0.25, -0.2) is 0 Å². The summed E-state index contributed by atoms with van der Waals surface area (Å²) in [6.07, 6.45) is -0.166. The molecule has 0 saturated heterocycles. The van der Waals surface area contributed by atoms with E-state index < -0.39 is 32.1 Å². The lowest BCUT2D eigenvalue weighted by Crippen LogP contribution is -2.47. The van der Waals surface area contributed by atoms with Crippen LogP contribution in [0.15, 0.2) is 71.7 Å². The second kappa shape index (κ2) is 17.6. The molecule has 0 fully saturated rings. The van der Waals surface area contributed by atoms with Gasteiger partial charge in [-0.1, -0.05) is 80.4 Å². The smallest absolute Gasteiger partial charge is 0.365 e. The summed E-state index contributed by atoms with van der Waals surface area (Å²) < 4.78 is 56.4. The van der Waals surface area contributed by atoms with Crippen LogP contribution in [0.3, 0.4) is 0 Å². The lowest BCUT2D eigenvalue weighted by atomic mass is 10.1. The molecular weight excluding hydrogens is 547 g/mol. The Morgan fingerprint density at radius 3 is 2.02 bits per heavy atom. The minimum absolute atomic E-state index is 0.00488. The van der Waals surface area contributed by atoms with Crippen LogP contribution in [0.25, 0.3) is 0 Å². The highest BCUT2D eigenvalue weighted by atomic mass is 31.2. The summed E-state index contributed by atoms with van der Waals surface area (Å²) in [5, 5.41) is 0.00488. The molecule has 0 radical (unpaired) electrons. The molecular formula is C31H43O9P. The normalized spacial score (nSPS) is 19.4. The van der Waals surface area contributed by atoms with Gasteiger partial charge >= 0.3 is 13.6 Å². The van der Waals surface area contributed by atoms with Crippen molar-refractivity contribution in [2.75, 3.05) is 26.4 Å². The van der Waals surface area contributed by atoms with Gasteiger partial charge in [-0.2, -0.15) is 0 Å². The van der Waals surface area contributed by atoms with Crippen molar-refractivity contribution in [3.8, 4) is 0 Å². The Morgan fingerprint density at radius 2 is 1.46 bits per heavy atom. The Morgan fingerprint density at radius 1 is 0.854 bits per heavy atom. The van der Waals surface area contributed by atoms with Crippen LogP contribution in [-0.4, -0.2) is 50.9 Å². The van der Waals surface area contributed by atoms with Gasteiger partial charge in [0.25, 0.3) is 0 Å². The highest BCUT2D eigenvalue weighted by Crippen LogP contribution is 2.61. The molecule has 3 rings (SSSR count). The molecule has 0 unspecified atom stereocenters. The minimum Gasteiger partial charge on any atom is -0.427 e. The van der Waals surface area contributed by atoms with E-state index >= 15 is 0 Å². The van der Waals surface area contributed by atoms with Crippen molar-refractivity contribution in [3.63, 3.8) is 0 Å². The van der Waals surface area contributed by atoms with E-state index in [1.54, 1.807) is 13.8 Å². The zero-order valence-corrected chi connectivity index (χ0v) is 25.4. The van der Waals surface area contributed by atoms with Crippen molar-refractivity contribution < 1.29 is 42.1 Å². The fourth-order valence-electron chi connectivity index (χ4n) is 4.37. The molecule has 2 aromatic rings. The van der Waals surface area contributed by atoms with E-state index in [9.17, 15) is 9.36 Å². The third kappa shape index (κ3) is 10.1. The SMILES string of the molecule is CCCCCO[C@H]1O[C@H](COCc2ccccc2)[C@H](OCc2ccccc2)C(OC(C)=O)=C1P(=O)(OCC)OCC. The molecule has 0 aliphatic carbocycles. The summed E-state index contributed by atoms with van der Waals surface area (Å²) in [6.45, 7) is 7.92. The first-order valence-corrected chi connectivity index (χ1v) is 15.8. The van der Waals surface area contributed by atoms with Gasteiger partial charge in [0.1, 0.15) is 17.5 Å². The number of unbranched alkanes of at least 4 members (excludes halogenated alkanes) is 2. The average Bonchev–Trinajstić information content (AvgIpc) is 2.96. The van der Waals surface area contributed by atoms with Crippen LogP contribution in [0.5, 0.6) is 0 Å². The fourth-order valence-corrected chi connectivity index (χ4v) is 6.24. The van der Waals surface area contributed by atoms with Gasteiger partial charge in [0, 0.05) is 6.92 Å². The van der Waals surface area contributed by atoms with Crippen molar-refractivity contribution in [2.45, 2.75) is 78.7 Å². The molecule has 0 N–H and O–H groups in total. The standard InChI is InChI=1S/C31H43O9P/c1-5-8-15-20-35-31-30(41(33,37-6-2)38-7-3)29(39-24(4)32)28(36-22-26-18-13-10-14-19-26)27(40-31)23-34-21-25-16-11-9-12-17-25/h9-14,16-19,27-28,31H,5-8,15,20-23H2,1-4H3/t27-,28+,31+/m1/s1. The molecule has 1 heterocycles. The topological polar surface area (TPSA) is 98.8 Å². The number of esters is 1. The van der Waals surface area contributed by atoms with E-state index in [0.29, 0.717) is 13.2 Å². The predicted octanol–water partition coefficient (Wildman–Crippen LogP) is 6.76. The molecule has 10 heteroatoms. The Kier molecular flexibility index (Phi) is 14.2. The van der Waals surface area contributed by atoms with E-state index in [2.05, 4.69) is 6.92 Å². The average molecular weight is 591 g/mol. The summed E-state index contributed by atoms with van der Waals surface area (Å²) in [5.74, 6) is -0.598.